The smallest absolute Gasteiger partial charge is 0.322 e. The summed E-state index contributed by atoms with van der Waals surface area (Å²) in [4.78, 5) is 19.5. The lowest BCUT2D eigenvalue weighted by molar-refractivity contribution is 0.174. The van der Waals surface area contributed by atoms with E-state index >= 15 is 0 Å². The van der Waals surface area contributed by atoms with Gasteiger partial charge in [0.2, 0.25) is 5.82 Å². The van der Waals surface area contributed by atoms with Crippen molar-refractivity contribution >= 4 is 11.6 Å². The second kappa shape index (κ2) is 11.3. The van der Waals surface area contributed by atoms with Crippen LogP contribution in [0.1, 0.15) is 43.3 Å². The molecule has 190 valence electrons. The number of amides is 2. The summed E-state index contributed by atoms with van der Waals surface area (Å²) in [5.74, 6) is 1.94. The SMILES string of the molecule is CCc1ccc(C2NC(=O)N(CCCOC)C(C)=C2c2nc(-c3ccc(OC)c(OC)c3)no2)cc1. The van der Waals surface area contributed by atoms with Gasteiger partial charge in [-0.1, -0.05) is 36.3 Å². The van der Waals surface area contributed by atoms with Gasteiger partial charge in [-0.15, -0.1) is 0 Å². The summed E-state index contributed by atoms with van der Waals surface area (Å²) in [7, 11) is 4.81. The van der Waals surface area contributed by atoms with Gasteiger partial charge in [0.05, 0.1) is 25.8 Å². The van der Waals surface area contributed by atoms with Crippen LogP contribution in [-0.2, 0) is 11.2 Å². The average molecular weight is 493 g/mol. The van der Waals surface area contributed by atoms with Crippen molar-refractivity contribution in [2.24, 2.45) is 0 Å². The first-order chi connectivity index (χ1) is 17.5. The van der Waals surface area contributed by atoms with Crippen LogP contribution in [0.25, 0.3) is 17.0 Å². The number of rotatable bonds is 10. The van der Waals surface area contributed by atoms with E-state index in [1.54, 1.807) is 38.4 Å². The Labute approximate surface area is 211 Å². The molecular formula is C27H32N4O5. The fraction of sp³-hybridized carbons (Fsp3) is 0.370. The summed E-state index contributed by atoms with van der Waals surface area (Å²) in [6.07, 6.45) is 1.63. The van der Waals surface area contributed by atoms with Crippen LogP contribution in [0.3, 0.4) is 0 Å². The molecule has 2 heterocycles. The minimum atomic E-state index is -0.430. The fourth-order valence-corrected chi connectivity index (χ4v) is 4.32. The standard InChI is InChI=1S/C27H32N4O5/c1-6-18-8-10-19(11-9-18)24-23(17(2)31(27(32)28-24)14-7-15-33-3)26-29-25(30-36-26)20-12-13-21(34-4)22(16-20)35-5/h8-13,16,24H,6-7,14-15H2,1-5H3,(H,28,32). The molecule has 0 bridgehead atoms. The third-order valence-corrected chi connectivity index (χ3v) is 6.35. The van der Waals surface area contributed by atoms with E-state index < -0.39 is 6.04 Å². The third-order valence-electron chi connectivity index (χ3n) is 6.35. The highest BCUT2D eigenvalue weighted by Gasteiger charge is 2.35. The molecule has 0 saturated carbocycles. The van der Waals surface area contributed by atoms with Crippen LogP contribution in [0.5, 0.6) is 11.5 Å². The number of methoxy groups -OCH3 is 3. The Morgan fingerprint density at radius 1 is 1.06 bits per heavy atom. The van der Waals surface area contributed by atoms with Crippen LogP contribution in [0, 0.1) is 0 Å². The maximum absolute atomic E-state index is 13.1. The van der Waals surface area contributed by atoms with Crippen LogP contribution in [0.4, 0.5) is 4.79 Å². The summed E-state index contributed by atoms with van der Waals surface area (Å²) in [6.45, 7) is 5.08. The van der Waals surface area contributed by atoms with E-state index in [4.69, 9.17) is 23.7 Å². The molecule has 4 rings (SSSR count). The van der Waals surface area contributed by atoms with Crippen molar-refractivity contribution < 1.29 is 23.5 Å². The number of hydrogen-bond acceptors (Lipinski definition) is 7. The minimum Gasteiger partial charge on any atom is -0.493 e. The molecule has 0 fully saturated rings. The van der Waals surface area contributed by atoms with Crippen LogP contribution < -0.4 is 14.8 Å². The largest absolute Gasteiger partial charge is 0.493 e. The van der Waals surface area contributed by atoms with Crippen LogP contribution in [-0.4, -0.2) is 55.6 Å². The molecule has 1 aliphatic heterocycles. The van der Waals surface area contributed by atoms with Gasteiger partial charge in [0, 0.05) is 31.5 Å². The number of urea groups is 1. The lowest BCUT2D eigenvalue weighted by Crippen LogP contribution is -2.46. The highest BCUT2D eigenvalue weighted by atomic mass is 16.5. The summed E-state index contributed by atoms with van der Waals surface area (Å²) in [6, 6.07) is 13.0. The van der Waals surface area contributed by atoms with Gasteiger partial charge >= 0.3 is 6.03 Å². The Morgan fingerprint density at radius 2 is 1.81 bits per heavy atom. The zero-order valence-electron chi connectivity index (χ0n) is 21.3. The molecule has 1 N–H and O–H groups in total. The predicted octanol–water partition coefficient (Wildman–Crippen LogP) is 4.85. The number of allylic oxidation sites excluding steroid dienone is 1. The Morgan fingerprint density at radius 3 is 2.47 bits per heavy atom. The molecule has 2 amide bonds. The van der Waals surface area contributed by atoms with Gasteiger partial charge in [-0.25, -0.2) is 4.79 Å². The summed E-state index contributed by atoms with van der Waals surface area (Å²) in [5, 5.41) is 7.37. The normalized spacial score (nSPS) is 15.8. The molecule has 9 heteroatoms. The highest BCUT2D eigenvalue weighted by Crippen LogP contribution is 2.38. The second-order valence-corrected chi connectivity index (χ2v) is 8.47. The number of nitrogens with one attached hydrogen (secondary N) is 1. The molecule has 0 spiro atoms. The van der Waals surface area contributed by atoms with Crippen molar-refractivity contribution in [3.63, 3.8) is 0 Å². The van der Waals surface area contributed by atoms with Gasteiger partial charge < -0.3 is 24.1 Å². The molecule has 1 atom stereocenters. The highest BCUT2D eigenvalue weighted by molar-refractivity contribution is 5.86. The molecule has 1 unspecified atom stereocenters. The van der Waals surface area contributed by atoms with E-state index in [0.29, 0.717) is 42.8 Å². The Balaban J connectivity index is 1.76. The average Bonchev–Trinajstić information content (AvgIpc) is 3.39. The first-order valence-electron chi connectivity index (χ1n) is 11.9. The van der Waals surface area contributed by atoms with E-state index in [-0.39, 0.29) is 6.03 Å². The Bertz CT molecular complexity index is 1240. The summed E-state index contributed by atoms with van der Waals surface area (Å²) >= 11 is 0. The third kappa shape index (κ3) is 5.06. The molecule has 2 aromatic carbocycles. The van der Waals surface area contributed by atoms with Crippen molar-refractivity contribution in [3.05, 3.63) is 65.2 Å². The van der Waals surface area contributed by atoms with E-state index in [0.717, 1.165) is 28.8 Å². The van der Waals surface area contributed by atoms with E-state index in [2.05, 4.69) is 29.5 Å². The topological polar surface area (TPSA) is 99.0 Å². The van der Waals surface area contributed by atoms with Crippen LogP contribution >= 0.6 is 0 Å². The lowest BCUT2D eigenvalue weighted by Gasteiger charge is -2.35. The first kappa shape index (κ1) is 25.2. The molecule has 9 nitrogen and oxygen atoms in total. The maximum Gasteiger partial charge on any atom is 0.322 e. The Kier molecular flexibility index (Phi) is 7.90. The Hall–Kier alpha value is -3.85. The lowest BCUT2D eigenvalue weighted by atomic mass is 9.93. The predicted molar refractivity (Wildman–Crippen MR) is 136 cm³/mol. The number of hydrogen-bond donors (Lipinski definition) is 1. The van der Waals surface area contributed by atoms with E-state index in [9.17, 15) is 4.79 Å². The quantitative estimate of drug-likeness (QED) is 0.404. The number of carbonyl (C=O) groups is 1. The zero-order chi connectivity index (χ0) is 25.7. The van der Waals surface area contributed by atoms with Gasteiger partial charge in [-0.2, -0.15) is 4.98 Å². The second-order valence-electron chi connectivity index (χ2n) is 8.47. The van der Waals surface area contributed by atoms with Gasteiger partial charge in [-0.3, -0.25) is 4.90 Å². The minimum absolute atomic E-state index is 0.170. The first-order valence-corrected chi connectivity index (χ1v) is 11.9. The fourth-order valence-electron chi connectivity index (χ4n) is 4.32. The van der Waals surface area contributed by atoms with Crippen molar-refractivity contribution in [1.29, 1.82) is 0 Å². The molecule has 1 aliphatic rings. The summed E-state index contributed by atoms with van der Waals surface area (Å²) in [5.41, 5.74) is 4.41. The molecule has 0 radical (unpaired) electrons. The number of carbonyl (C=O) groups excluding carboxylic acids is 1. The van der Waals surface area contributed by atoms with Crippen molar-refractivity contribution in [1.82, 2.24) is 20.4 Å². The van der Waals surface area contributed by atoms with Gasteiger partial charge in [-0.05, 0) is 49.1 Å². The van der Waals surface area contributed by atoms with Gasteiger partial charge in [0.1, 0.15) is 0 Å². The molecule has 36 heavy (non-hydrogen) atoms. The van der Waals surface area contributed by atoms with Crippen molar-refractivity contribution in [2.45, 2.75) is 32.7 Å². The number of benzene rings is 2. The molecule has 0 saturated heterocycles. The van der Waals surface area contributed by atoms with Crippen molar-refractivity contribution in [3.8, 4) is 22.9 Å². The van der Waals surface area contributed by atoms with Crippen molar-refractivity contribution in [2.75, 3.05) is 34.5 Å². The number of aryl methyl sites for hydroxylation is 1. The molecule has 3 aromatic rings. The monoisotopic (exact) mass is 492 g/mol. The summed E-state index contributed by atoms with van der Waals surface area (Å²) < 4.78 is 21.7. The number of ether oxygens (including phenoxy) is 3. The maximum atomic E-state index is 13.1. The van der Waals surface area contributed by atoms with E-state index in [1.807, 2.05) is 25.1 Å². The van der Waals surface area contributed by atoms with Crippen LogP contribution in [0.15, 0.2) is 52.7 Å². The molecular weight excluding hydrogens is 460 g/mol. The van der Waals surface area contributed by atoms with Gasteiger partial charge in [0.15, 0.2) is 11.5 Å². The zero-order valence-corrected chi connectivity index (χ0v) is 21.3. The number of nitrogens with zero attached hydrogens (tertiary/aromatic N) is 3. The molecule has 0 aliphatic carbocycles. The van der Waals surface area contributed by atoms with E-state index in [1.165, 1.54) is 5.56 Å². The molecule has 1 aromatic heterocycles. The van der Waals surface area contributed by atoms with Crippen LogP contribution in [0.2, 0.25) is 0 Å². The number of aromatic nitrogens is 2. The van der Waals surface area contributed by atoms with Gasteiger partial charge in [0.25, 0.3) is 5.89 Å².